The van der Waals surface area contributed by atoms with Crippen LogP contribution >= 0.6 is 0 Å². The van der Waals surface area contributed by atoms with E-state index in [2.05, 4.69) is 0 Å². The van der Waals surface area contributed by atoms with Crippen LogP contribution in [0.25, 0.3) is 22.3 Å². The maximum absolute atomic E-state index is 10.6. The summed E-state index contributed by atoms with van der Waals surface area (Å²) >= 11 is 0. The largest absolute Gasteiger partial charge is 0.508 e. The number of rotatable bonds is 7. The van der Waals surface area contributed by atoms with Crippen molar-refractivity contribution in [2.45, 2.75) is 61.4 Å². The Bertz CT molecular complexity index is 1380. The van der Waals surface area contributed by atoms with Crippen molar-refractivity contribution in [3.8, 4) is 34.3 Å². The van der Waals surface area contributed by atoms with Crippen LogP contribution in [-0.2, 0) is 9.47 Å². The highest BCUT2D eigenvalue weighted by molar-refractivity contribution is 5.88. The SMILES string of the molecule is OCC1OC(Oc2cc3c(OC4OC(CO)C(O)C(O)C4O)cc(O)cc3[o+]c2-c2ccc(O)cc2)C(O)C(O)C1O. The average molecular weight is 596 g/mol. The van der Waals surface area contributed by atoms with Crippen molar-refractivity contribution in [2.75, 3.05) is 13.2 Å². The van der Waals surface area contributed by atoms with E-state index in [1.807, 2.05) is 0 Å². The van der Waals surface area contributed by atoms with E-state index in [0.29, 0.717) is 5.56 Å². The summed E-state index contributed by atoms with van der Waals surface area (Å²) in [5, 5.41) is 101. The number of benzene rings is 2. The molecule has 3 heterocycles. The van der Waals surface area contributed by atoms with Gasteiger partial charge in [-0.05, 0) is 24.3 Å². The Hall–Kier alpha value is -3.35. The highest BCUT2D eigenvalue weighted by Gasteiger charge is 2.47. The van der Waals surface area contributed by atoms with E-state index in [1.54, 1.807) is 0 Å². The van der Waals surface area contributed by atoms with Crippen LogP contribution in [0.15, 0.2) is 46.9 Å². The second-order valence-electron chi connectivity index (χ2n) is 9.97. The van der Waals surface area contributed by atoms with Crippen LogP contribution < -0.4 is 9.47 Å². The molecule has 5 rings (SSSR count). The second kappa shape index (κ2) is 12.1. The van der Waals surface area contributed by atoms with Crippen molar-refractivity contribution in [1.82, 2.24) is 0 Å². The Morgan fingerprint density at radius 1 is 0.619 bits per heavy atom. The maximum Gasteiger partial charge on any atom is 0.402 e. The smallest absolute Gasteiger partial charge is 0.402 e. The van der Waals surface area contributed by atoms with Crippen molar-refractivity contribution < 1.29 is 74.4 Å². The minimum absolute atomic E-state index is 0.00357. The van der Waals surface area contributed by atoms with Gasteiger partial charge >= 0.3 is 11.3 Å². The van der Waals surface area contributed by atoms with Gasteiger partial charge in [0.25, 0.3) is 0 Å². The van der Waals surface area contributed by atoms with Crippen LogP contribution in [0.2, 0.25) is 0 Å². The van der Waals surface area contributed by atoms with E-state index in [9.17, 15) is 51.1 Å². The number of hydrogen-bond donors (Lipinski definition) is 10. The summed E-state index contributed by atoms with van der Waals surface area (Å²) in [6.07, 6.45) is -16.0. The van der Waals surface area contributed by atoms with Crippen molar-refractivity contribution >= 4 is 11.0 Å². The van der Waals surface area contributed by atoms with Crippen molar-refractivity contribution in [3.63, 3.8) is 0 Å². The quantitative estimate of drug-likeness (QED) is 0.135. The fraction of sp³-hybridized carbons (Fsp3) is 0.444. The second-order valence-corrected chi connectivity index (χ2v) is 9.97. The maximum atomic E-state index is 10.6. The van der Waals surface area contributed by atoms with Gasteiger partial charge in [0, 0.05) is 12.1 Å². The van der Waals surface area contributed by atoms with Crippen molar-refractivity contribution in [3.05, 3.63) is 42.5 Å². The lowest BCUT2D eigenvalue weighted by Crippen LogP contribution is -2.60. The van der Waals surface area contributed by atoms with E-state index < -0.39 is 74.6 Å². The highest BCUT2D eigenvalue weighted by Crippen LogP contribution is 2.42. The molecular formula is C27H31O15+. The van der Waals surface area contributed by atoms with E-state index in [4.69, 9.17) is 23.4 Å². The Kier molecular flexibility index (Phi) is 8.68. The first-order valence-corrected chi connectivity index (χ1v) is 12.9. The van der Waals surface area contributed by atoms with Gasteiger partial charge in [0.05, 0.1) is 24.8 Å². The van der Waals surface area contributed by atoms with Crippen LogP contribution in [0.1, 0.15) is 0 Å². The summed E-state index contributed by atoms with van der Waals surface area (Å²) in [6, 6.07) is 9.41. The van der Waals surface area contributed by atoms with Gasteiger partial charge in [-0.25, -0.2) is 4.42 Å². The standard InChI is InChI=1S/C27H30O15/c28-8-17-19(32)21(34)23(36)26(41-17)39-15-6-12(31)5-14-13(15)7-16(25(38-14)10-1-3-11(30)4-2-10)40-27-24(37)22(35)20(33)18(9-29)42-27/h1-7,17-24,26-29,32-37H,8-9H2,(H-,30,31)/p+1. The van der Waals surface area contributed by atoms with E-state index >= 15 is 0 Å². The number of hydrogen-bond acceptors (Lipinski definition) is 14. The molecule has 0 aliphatic carbocycles. The van der Waals surface area contributed by atoms with Crippen LogP contribution in [0, 0.1) is 0 Å². The van der Waals surface area contributed by atoms with Crippen LogP contribution in [0.5, 0.6) is 23.0 Å². The van der Waals surface area contributed by atoms with Crippen LogP contribution in [0.3, 0.4) is 0 Å². The predicted octanol–water partition coefficient (Wildman–Crippen LogP) is -1.85. The lowest BCUT2D eigenvalue weighted by atomic mass is 9.99. The highest BCUT2D eigenvalue weighted by atomic mass is 16.7. The summed E-state index contributed by atoms with van der Waals surface area (Å²) in [4.78, 5) is 0. The summed E-state index contributed by atoms with van der Waals surface area (Å²) in [7, 11) is 0. The zero-order valence-electron chi connectivity index (χ0n) is 21.7. The number of phenolic OH excluding ortho intramolecular Hbond substituents is 2. The van der Waals surface area contributed by atoms with Gasteiger partial charge in [-0.3, -0.25) is 0 Å². The molecule has 10 N–H and O–H groups in total. The molecule has 2 aliphatic heterocycles. The number of phenols is 2. The third-order valence-electron chi connectivity index (χ3n) is 7.11. The van der Waals surface area contributed by atoms with Crippen LogP contribution in [0.4, 0.5) is 0 Å². The summed E-state index contributed by atoms with van der Waals surface area (Å²) < 4.78 is 28.6. The molecule has 0 amide bonds. The number of aliphatic hydroxyl groups is 8. The zero-order valence-corrected chi connectivity index (χ0v) is 21.7. The Balaban J connectivity index is 1.59. The van der Waals surface area contributed by atoms with Gasteiger partial charge < -0.3 is 70.0 Å². The summed E-state index contributed by atoms with van der Waals surface area (Å²) in [5.74, 6) is -0.673. The molecule has 2 aliphatic rings. The fourth-order valence-corrected chi connectivity index (χ4v) is 4.75. The number of aliphatic hydroxyl groups excluding tert-OH is 8. The van der Waals surface area contributed by atoms with Gasteiger partial charge in [-0.1, -0.05) is 0 Å². The zero-order chi connectivity index (χ0) is 30.3. The number of fused-ring (bicyclic) bond motifs is 1. The minimum Gasteiger partial charge on any atom is -0.508 e. The molecule has 42 heavy (non-hydrogen) atoms. The molecule has 228 valence electrons. The lowest BCUT2D eigenvalue weighted by molar-refractivity contribution is -0.277. The molecule has 0 radical (unpaired) electrons. The molecule has 10 unspecified atom stereocenters. The summed E-state index contributed by atoms with van der Waals surface area (Å²) in [5.41, 5.74) is 0.368. The van der Waals surface area contributed by atoms with Gasteiger partial charge in [0.1, 0.15) is 71.5 Å². The number of aromatic hydroxyl groups is 2. The molecule has 1 aromatic heterocycles. The molecule has 15 nitrogen and oxygen atoms in total. The van der Waals surface area contributed by atoms with Gasteiger partial charge in [-0.2, -0.15) is 0 Å². The first kappa shape index (κ1) is 30.1. The van der Waals surface area contributed by atoms with Crippen molar-refractivity contribution in [2.24, 2.45) is 0 Å². The third-order valence-corrected chi connectivity index (χ3v) is 7.11. The third kappa shape index (κ3) is 5.67. The summed E-state index contributed by atoms with van der Waals surface area (Å²) in [6.45, 7) is -1.40. The molecule has 3 aromatic rings. The lowest BCUT2D eigenvalue weighted by Gasteiger charge is -2.39. The molecule has 15 heteroatoms. The molecule has 0 bridgehead atoms. The average Bonchev–Trinajstić information content (AvgIpc) is 2.98. The topological polar surface area (TPSA) is 251 Å². The minimum atomic E-state index is -1.77. The first-order valence-electron chi connectivity index (χ1n) is 12.9. The molecule has 0 spiro atoms. The van der Waals surface area contributed by atoms with Crippen molar-refractivity contribution in [1.29, 1.82) is 0 Å². The molecule has 2 aromatic carbocycles. The monoisotopic (exact) mass is 595 g/mol. The molecule has 10 atom stereocenters. The van der Waals surface area contributed by atoms with Crippen LogP contribution in [-0.4, -0.2) is 126 Å². The first-order chi connectivity index (χ1) is 20.0. The van der Waals surface area contributed by atoms with Gasteiger partial charge in [-0.15, -0.1) is 0 Å². The predicted molar refractivity (Wildman–Crippen MR) is 138 cm³/mol. The number of ether oxygens (including phenoxy) is 4. The molecule has 0 saturated carbocycles. The Morgan fingerprint density at radius 3 is 1.67 bits per heavy atom. The van der Waals surface area contributed by atoms with Gasteiger partial charge in [0.15, 0.2) is 0 Å². The fourth-order valence-electron chi connectivity index (χ4n) is 4.75. The Morgan fingerprint density at radius 2 is 1.14 bits per heavy atom. The van der Waals surface area contributed by atoms with E-state index in [1.165, 1.54) is 36.4 Å². The van der Waals surface area contributed by atoms with E-state index in [0.717, 1.165) is 6.07 Å². The normalized spacial score (nSPS) is 33.4. The Labute approximate surface area is 237 Å². The van der Waals surface area contributed by atoms with E-state index in [-0.39, 0.29) is 39.7 Å². The molecule has 2 fully saturated rings. The molecular weight excluding hydrogens is 564 g/mol. The molecule has 2 saturated heterocycles. The van der Waals surface area contributed by atoms with Gasteiger partial charge in [0.2, 0.25) is 18.3 Å².